The molecule has 2 heterocycles. The van der Waals surface area contributed by atoms with Gasteiger partial charge < -0.3 is 14.5 Å². The number of carbonyl (C=O) groups is 2. The highest BCUT2D eigenvalue weighted by Gasteiger charge is 2.37. The van der Waals surface area contributed by atoms with Crippen molar-refractivity contribution in [3.05, 3.63) is 11.7 Å². The van der Waals surface area contributed by atoms with Gasteiger partial charge in [-0.05, 0) is 18.8 Å². The van der Waals surface area contributed by atoms with Crippen LogP contribution in [0.2, 0.25) is 0 Å². The second kappa shape index (κ2) is 5.38. The molecule has 0 spiro atoms. The summed E-state index contributed by atoms with van der Waals surface area (Å²) >= 11 is 0. The lowest BCUT2D eigenvalue weighted by molar-refractivity contribution is -0.144. The number of carboxylic acids is 1. The highest BCUT2D eigenvalue weighted by Crippen LogP contribution is 2.26. The molecule has 2 rings (SSSR count). The molecule has 19 heavy (non-hydrogen) atoms. The van der Waals surface area contributed by atoms with Crippen LogP contribution in [-0.4, -0.2) is 44.6 Å². The first-order chi connectivity index (χ1) is 9.02. The molecule has 7 heteroatoms. The van der Waals surface area contributed by atoms with E-state index in [4.69, 9.17) is 4.52 Å². The summed E-state index contributed by atoms with van der Waals surface area (Å²) in [6, 6.07) is -0.801. The number of piperidine rings is 1. The molecule has 2 unspecified atom stereocenters. The fourth-order valence-corrected chi connectivity index (χ4v) is 2.40. The maximum Gasteiger partial charge on any atom is 0.326 e. The Kier molecular flexibility index (Phi) is 3.82. The predicted molar refractivity (Wildman–Crippen MR) is 64.5 cm³/mol. The van der Waals surface area contributed by atoms with Gasteiger partial charge in [0.25, 0.3) is 11.7 Å². The Balaban J connectivity index is 2.17. The lowest BCUT2D eigenvalue weighted by atomic mass is 9.89. The number of likely N-dealkylation sites (tertiary alicyclic amines) is 1. The van der Waals surface area contributed by atoms with Crippen LogP contribution < -0.4 is 0 Å². The van der Waals surface area contributed by atoms with Gasteiger partial charge in [0.05, 0.1) is 0 Å². The van der Waals surface area contributed by atoms with E-state index in [2.05, 4.69) is 10.1 Å². The summed E-state index contributed by atoms with van der Waals surface area (Å²) in [7, 11) is 0. The number of nitrogens with zero attached hydrogens (tertiary/aromatic N) is 3. The van der Waals surface area contributed by atoms with Crippen molar-refractivity contribution in [2.24, 2.45) is 5.92 Å². The number of aryl methyl sites for hydroxylation is 1. The SMILES string of the molecule is CCC1CCN(C(=O)c2noc(C)n2)C(C(=O)O)C1. The third-order valence-corrected chi connectivity index (χ3v) is 3.55. The number of carboxylic acid groups (broad SMARTS) is 1. The Labute approximate surface area is 110 Å². The third kappa shape index (κ3) is 2.74. The third-order valence-electron chi connectivity index (χ3n) is 3.55. The van der Waals surface area contributed by atoms with Crippen LogP contribution in [0.15, 0.2) is 4.52 Å². The number of rotatable bonds is 3. The zero-order valence-corrected chi connectivity index (χ0v) is 11.0. The van der Waals surface area contributed by atoms with Gasteiger partial charge in [-0.1, -0.05) is 18.5 Å². The molecule has 0 saturated carbocycles. The molecule has 0 radical (unpaired) electrons. The molecule has 0 aliphatic carbocycles. The Hall–Kier alpha value is -1.92. The van der Waals surface area contributed by atoms with Crippen molar-refractivity contribution in [1.82, 2.24) is 15.0 Å². The van der Waals surface area contributed by atoms with E-state index in [-0.39, 0.29) is 5.82 Å². The van der Waals surface area contributed by atoms with Crippen LogP contribution in [0.25, 0.3) is 0 Å². The van der Waals surface area contributed by atoms with Crippen LogP contribution in [-0.2, 0) is 4.79 Å². The molecule has 104 valence electrons. The highest BCUT2D eigenvalue weighted by molar-refractivity contribution is 5.93. The minimum Gasteiger partial charge on any atom is -0.480 e. The Morgan fingerprint density at radius 1 is 1.53 bits per heavy atom. The van der Waals surface area contributed by atoms with E-state index in [0.29, 0.717) is 24.8 Å². The number of hydrogen-bond donors (Lipinski definition) is 1. The summed E-state index contributed by atoms with van der Waals surface area (Å²) in [5.41, 5.74) is 0. The van der Waals surface area contributed by atoms with Crippen molar-refractivity contribution in [1.29, 1.82) is 0 Å². The van der Waals surface area contributed by atoms with Gasteiger partial charge >= 0.3 is 5.97 Å². The molecule has 1 aromatic rings. The summed E-state index contributed by atoms with van der Waals surface area (Å²) in [6.07, 6.45) is 2.21. The summed E-state index contributed by atoms with van der Waals surface area (Å²) in [6.45, 7) is 4.03. The molecule has 1 amide bonds. The molecule has 1 aliphatic heterocycles. The molecule has 1 saturated heterocycles. The van der Waals surface area contributed by atoms with Crippen molar-refractivity contribution >= 4 is 11.9 Å². The van der Waals surface area contributed by atoms with Gasteiger partial charge in [0.2, 0.25) is 5.89 Å². The number of aromatic nitrogens is 2. The number of carbonyl (C=O) groups excluding carboxylic acids is 1. The molecule has 1 fully saturated rings. The molecule has 1 N–H and O–H groups in total. The second-order valence-electron chi connectivity index (χ2n) is 4.79. The fraction of sp³-hybridized carbons (Fsp3) is 0.667. The van der Waals surface area contributed by atoms with Crippen LogP contribution in [0, 0.1) is 12.8 Å². The number of aliphatic carboxylic acids is 1. The van der Waals surface area contributed by atoms with Crippen molar-refractivity contribution in [3.63, 3.8) is 0 Å². The summed E-state index contributed by atoms with van der Waals surface area (Å²) in [4.78, 5) is 28.7. The zero-order chi connectivity index (χ0) is 14.0. The second-order valence-corrected chi connectivity index (χ2v) is 4.79. The molecule has 0 bridgehead atoms. The molecular weight excluding hydrogens is 250 g/mol. The Morgan fingerprint density at radius 3 is 2.79 bits per heavy atom. The minimum absolute atomic E-state index is 0.0706. The van der Waals surface area contributed by atoms with Gasteiger partial charge in [0, 0.05) is 13.5 Å². The van der Waals surface area contributed by atoms with E-state index >= 15 is 0 Å². The maximum atomic E-state index is 12.2. The standard InChI is InChI=1S/C12H17N3O4/c1-3-8-4-5-15(9(6-8)12(17)18)11(16)10-13-7(2)19-14-10/h8-9H,3-6H2,1-2H3,(H,17,18). The van der Waals surface area contributed by atoms with E-state index in [0.717, 1.165) is 12.8 Å². The van der Waals surface area contributed by atoms with E-state index in [1.165, 1.54) is 4.90 Å². The first-order valence-corrected chi connectivity index (χ1v) is 6.37. The fourth-order valence-electron chi connectivity index (χ4n) is 2.40. The molecule has 7 nitrogen and oxygen atoms in total. The normalized spacial score (nSPS) is 23.4. The highest BCUT2D eigenvalue weighted by atomic mass is 16.5. The first kappa shape index (κ1) is 13.5. The first-order valence-electron chi connectivity index (χ1n) is 6.37. The number of amides is 1. The smallest absolute Gasteiger partial charge is 0.326 e. The van der Waals surface area contributed by atoms with Gasteiger partial charge in [-0.3, -0.25) is 4.79 Å². The average molecular weight is 267 g/mol. The van der Waals surface area contributed by atoms with Crippen LogP contribution >= 0.6 is 0 Å². The molecule has 2 atom stereocenters. The maximum absolute atomic E-state index is 12.2. The quantitative estimate of drug-likeness (QED) is 0.880. The van der Waals surface area contributed by atoms with Crippen LogP contribution in [0.4, 0.5) is 0 Å². The monoisotopic (exact) mass is 267 g/mol. The Morgan fingerprint density at radius 2 is 2.26 bits per heavy atom. The predicted octanol–water partition coefficient (Wildman–Crippen LogP) is 1.09. The van der Waals surface area contributed by atoms with Gasteiger partial charge in [-0.15, -0.1) is 0 Å². The van der Waals surface area contributed by atoms with E-state index in [1.807, 2.05) is 6.92 Å². The summed E-state index contributed by atoms with van der Waals surface area (Å²) < 4.78 is 4.76. The Bertz CT molecular complexity index is 485. The molecule has 1 aromatic heterocycles. The van der Waals surface area contributed by atoms with E-state index in [1.54, 1.807) is 6.92 Å². The summed E-state index contributed by atoms with van der Waals surface area (Å²) in [5, 5.41) is 12.8. The zero-order valence-electron chi connectivity index (χ0n) is 11.0. The molecule has 0 aromatic carbocycles. The van der Waals surface area contributed by atoms with Crippen molar-refractivity contribution in [2.45, 2.75) is 39.2 Å². The number of hydrogen-bond acceptors (Lipinski definition) is 5. The minimum atomic E-state index is -0.980. The van der Waals surface area contributed by atoms with Crippen molar-refractivity contribution in [3.8, 4) is 0 Å². The van der Waals surface area contributed by atoms with Crippen molar-refractivity contribution in [2.75, 3.05) is 6.54 Å². The van der Waals surface area contributed by atoms with Gasteiger partial charge in [0.15, 0.2) is 0 Å². The van der Waals surface area contributed by atoms with E-state index in [9.17, 15) is 14.7 Å². The van der Waals surface area contributed by atoms with Crippen LogP contribution in [0.5, 0.6) is 0 Å². The average Bonchev–Trinajstić information content (AvgIpc) is 2.83. The topological polar surface area (TPSA) is 96.5 Å². The largest absolute Gasteiger partial charge is 0.480 e. The van der Waals surface area contributed by atoms with Crippen LogP contribution in [0.1, 0.15) is 42.7 Å². The molecular formula is C12H17N3O4. The van der Waals surface area contributed by atoms with Crippen molar-refractivity contribution < 1.29 is 19.2 Å². The van der Waals surface area contributed by atoms with Crippen LogP contribution in [0.3, 0.4) is 0 Å². The molecule has 1 aliphatic rings. The van der Waals surface area contributed by atoms with Gasteiger partial charge in [-0.2, -0.15) is 4.98 Å². The lowest BCUT2D eigenvalue weighted by Gasteiger charge is -2.36. The summed E-state index contributed by atoms with van der Waals surface area (Å²) in [5.74, 6) is -0.889. The van der Waals surface area contributed by atoms with Gasteiger partial charge in [0.1, 0.15) is 6.04 Å². The lowest BCUT2D eigenvalue weighted by Crippen LogP contribution is -2.50. The van der Waals surface area contributed by atoms with Gasteiger partial charge in [-0.25, -0.2) is 4.79 Å². The van der Waals surface area contributed by atoms with E-state index < -0.39 is 17.9 Å².